The molecule has 1 rings (SSSR count). The summed E-state index contributed by atoms with van der Waals surface area (Å²) in [4.78, 5) is 0.540. The van der Waals surface area contributed by atoms with Crippen LogP contribution < -0.4 is 4.74 Å². The summed E-state index contributed by atoms with van der Waals surface area (Å²) < 4.78 is 40.2. The van der Waals surface area contributed by atoms with E-state index >= 15 is 0 Å². The van der Waals surface area contributed by atoms with Crippen molar-refractivity contribution in [2.45, 2.75) is 10.6 Å². The lowest BCUT2D eigenvalue weighted by atomic mass is 10.2. The number of ether oxygens (including phenoxy) is 1. The zero-order valence-electron chi connectivity index (χ0n) is 8.66. The normalized spacial score (nSPS) is 11.5. The summed E-state index contributed by atoms with van der Waals surface area (Å²) in [6, 6.07) is 2.40. The van der Waals surface area contributed by atoms with Crippen LogP contribution in [0.3, 0.4) is 0 Å². The summed E-state index contributed by atoms with van der Waals surface area (Å²) in [6.07, 6.45) is 1.75. The van der Waals surface area contributed by atoms with Crippen molar-refractivity contribution < 1.29 is 17.5 Å². The van der Waals surface area contributed by atoms with Crippen LogP contribution in [-0.2, 0) is 14.8 Å². The van der Waals surface area contributed by atoms with E-state index in [0.717, 1.165) is 6.07 Å². The lowest BCUT2D eigenvalue weighted by Gasteiger charge is -2.11. The third-order valence-electron chi connectivity index (χ3n) is 1.85. The number of hydrogen-bond acceptors (Lipinski definition) is 4. The largest absolute Gasteiger partial charge is 0.495 e. The first-order valence-electron chi connectivity index (χ1n) is 4.20. The molecule has 0 spiro atoms. The predicted octanol–water partition coefficient (Wildman–Crippen LogP) is 2.62. The van der Waals surface area contributed by atoms with Gasteiger partial charge in [-0.25, -0.2) is 12.8 Å². The fourth-order valence-electron chi connectivity index (χ4n) is 1.30. The number of rotatable bonds is 4. The molecule has 0 atom stereocenters. The van der Waals surface area contributed by atoms with Crippen LogP contribution in [0.2, 0.25) is 0 Å². The third-order valence-corrected chi connectivity index (χ3v) is 3.57. The molecule has 1 aromatic rings. The molecule has 0 saturated carbocycles. The van der Waals surface area contributed by atoms with Crippen molar-refractivity contribution in [1.82, 2.24) is 0 Å². The average molecular weight is 285 g/mol. The second-order valence-corrected chi connectivity index (χ2v) is 6.61. The molecule has 0 N–H and O–H groups in total. The highest BCUT2D eigenvalue weighted by Gasteiger charge is 2.16. The standard InChI is InChI=1S/C9H10ClFO3S2/c1-14-9-6(5-16(10,12)13)3-7(11)4-8(9)15-2/h3-4H,5H2,1-2H3. The molecule has 0 aliphatic heterocycles. The Kier molecular flexibility index (Phi) is 4.46. The monoisotopic (exact) mass is 284 g/mol. The lowest BCUT2D eigenvalue weighted by Crippen LogP contribution is -2.00. The first-order valence-corrected chi connectivity index (χ1v) is 7.90. The minimum atomic E-state index is -3.74. The van der Waals surface area contributed by atoms with Crippen molar-refractivity contribution in [3.63, 3.8) is 0 Å². The highest BCUT2D eigenvalue weighted by Crippen LogP contribution is 2.33. The molecule has 0 fully saturated rings. The summed E-state index contributed by atoms with van der Waals surface area (Å²) in [5.41, 5.74) is 0.224. The number of methoxy groups -OCH3 is 1. The number of halogens is 2. The Labute approximate surface area is 102 Å². The minimum Gasteiger partial charge on any atom is -0.495 e. The maximum atomic E-state index is 13.2. The Bertz CT molecular complexity index is 488. The number of hydrogen-bond donors (Lipinski definition) is 0. The summed E-state index contributed by atoms with van der Waals surface area (Å²) in [5.74, 6) is -0.623. The van der Waals surface area contributed by atoms with Crippen LogP contribution in [-0.4, -0.2) is 21.8 Å². The van der Waals surface area contributed by atoms with E-state index in [-0.39, 0.29) is 5.56 Å². The molecular formula is C9H10ClFO3S2. The van der Waals surface area contributed by atoms with Crippen molar-refractivity contribution in [2.24, 2.45) is 0 Å². The van der Waals surface area contributed by atoms with Crippen LogP contribution in [0, 0.1) is 5.82 Å². The van der Waals surface area contributed by atoms with Crippen molar-refractivity contribution in [1.29, 1.82) is 0 Å². The van der Waals surface area contributed by atoms with E-state index in [0.29, 0.717) is 10.6 Å². The van der Waals surface area contributed by atoms with Gasteiger partial charge in [-0.15, -0.1) is 11.8 Å². The third kappa shape index (κ3) is 3.54. The van der Waals surface area contributed by atoms with E-state index in [1.165, 1.54) is 24.9 Å². The van der Waals surface area contributed by atoms with Crippen molar-refractivity contribution >= 4 is 31.5 Å². The first-order chi connectivity index (χ1) is 7.37. The van der Waals surface area contributed by atoms with Gasteiger partial charge in [-0.05, 0) is 18.4 Å². The first kappa shape index (κ1) is 13.6. The fraction of sp³-hybridized carbons (Fsp3) is 0.333. The molecule has 0 saturated heterocycles. The van der Waals surface area contributed by atoms with Gasteiger partial charge in [0.1, 0.15) is 11.6 Å². The molecule has 3 nitrogen and oxygen atoms in total. The van der Waals surface area contributed by atoms with Crippen LogP contribution in [0.25, 0.3) is 0 Å². The molecule has 7 heteroatoms. The molecule has 1 aromatic carbocycles. The average Bonchev–Trinajstić information content (AvgIpc) is 2.14. The summed E-state index contributed by atoms with van der Waals surface area (Å²) in [7, 11) is 2.80. The van der Waals surface area contributed by atoms with Gasteiger partial charge in [-0.2, -0.15) is 0 Å². The summed E-state index contributed by atoms with van der Waals surface area (Å²) in [5, 5.41) is 0. The lowest BCUT2D eigenvalue weighted by molar-refractivity contribution is 0.399. The molecule has 0 unspecified atom stereocenters. The van der Waals surface area contributed by atoms with Crippen molar-refractivity contribution in [3.8, 4) is 5.75 Å². The van der Waals surface area contributed by atoms with Crippen LogP contribution in [0.1, 0.15) is 5.56 Å². The van der Waals surface area contributed by atoms with Gasteiger partial charge in [0.2, 0.25) is 9.05 Å². The predicted molar refractivity (Wildman–Crippen MR) is 63.2 cm³/mol. The molecule has 0 bridgehead atoms. The van der Waals surface area contributed by atoms with E-state index in [1.54, 1.807) is 6.26 Å². The zero-order valence-corrected chi connectivity index (χ0v) is 11.0. The second-order valence-electron chi connectivity index (χ2n) is 2.98. The molecule has 0 aliphatic rings. The van der Waals surface area contributed by atoms with E-state index < -0.39 is 20.6 Å². The van der Waals surface area contributed by atoms with Gasteiger partial charge < -0.3 is 4.74 Å². The van der Waals surface area contributed by atoms with E-state index in [2.05, 4.69) is 0 Å². The second kappa shape index (κ2) is 5.25. The molecule has 0 heterocycles. The highest BCUT2D eigenvalue weighted by molar-refractivity contribution is 8.13. The maximum absolute atomic E-state index is 13.2. The van der Waals surface area contributed by atoms with Gasteiger partial charge in [0.05, 0.1) is 17.8 Å². The van der Waals surface area contributed by atoms with E-state index in [1.807, 2.05) is 0 Å². The molecule has 0 aliphatic carbocycles. The van der Waals surface area contributed by atoms with Gasteiger partial charge in [0.15, 0.2) is 0 Å². The SMILES string of the molecule is COc1c(CS(=O)(=O)Cl)cc(F)cc1SC. The smallest absolute Gasteiger partial charge is 0.236 e. The minimum absolute atomic E-state index is 0.224. The topological polar surface area (TPSA) is 43.4 Å². The van der Waals surface area contributed by atoms with Gasteiger partial charge in [0.25, 0.3) is 0 Å². The van der Waals surface area contributed by atoms with Crippen LogP contribution in [0.15, 0.2) is 17.0 Å². The van der Waals surface area contributed by atoms with Gasteiger partial charge in [-0.3, -0.25) is 0 Å². The molecule has 90 valence electrons. The van der Waals surface area contributed by atoms with Gasteiger partial charge >= 0.3 is 0 Å². The quantitative estimate of drug-likeness (QED) is 0.630. The fourth-order valence-corrected chi connectivity index (χ4v) is 2.87. The molecule has 0 aromatic heterocycles. The Morgan fingerprint density at radius 1 is 1.50 bits per heavy atom. The zero-order chi connectivity index (χ0) is 12.3. The molecular weight excluding hydrogens is 275 g/mol. The van der Waals surface area contributed by atoms with Gasteiger partial charge in [0, 0.05) is 16.2 Å². The Morgan fingerprint density at radius 3 is 2.56 bits per heavy atom. The van der Waals surface area contributed by atoms with Crippen LogP contribution >= 0.6 is 22.4 Å². The Hall–Kier alpha value is -0.460. The Balaban J connectivity index is 3.31. The van der Waals surface area contributed by atoms with Crippen molar-refractivity contribution in [2.75, 3.05) is 13.4 Å². The van der Waals surface area contributed by atoms with Crippen LogP contribution in [0.5, 0.6) is 5.75 Å². The number of benzene rings is 1. The Morgan fingerprint density at radius 2 is 2.12 bits per heavy atom. The number of thioether (sulfide) groups is 1. The highest BCUT2D eigenvalue weighted by atomic mass is 35.7. The molecule has 0 amide bonds. The molecule has 16 heavy (non-hydrogen) atoms. The summed E-state index contributed by atoms with van der Waals surface area (Å²) in [6.45, 7) is 0. The maximum Gasteiger partial charge on any atom is 0.236 e. The van der Waals surface area contributed by atoms with Crippen molar-refractivity contribution in [3.05, 3.63) is 23.5 Å². The van der Waals surface area contributed by atoms with E-state index in [9.17, 15) is 12.8 Å². The van der Waals surface area contributed by atoms with E-state index in [4.69, 9.17) is 15.4 Å². The summed E-state index contributed by atoms with van der Waals surface area (Å²) >= 11 is 1.27. The molecule has 0 radical (unpaired) electrons. The van der Waals surface area contributed by atoms with Crippen LogP contribution in [0.4, 0.5) is 4.39 Å². The van der Waals surface area contributed by atoms with Gasteiger partial charge in [-0.1, -0.05) is 0 Å².